The Hall–Kier alpha value is -1.21. The highest BCUT2D eigenvalue weighted by atomic mass is 16.3. The Kier molecular flexibility index (Phi) is 50.8. The topological polar surface area (TPSA) is 110 Å². The molecule has 6 heteroatoms. The van der Waals surface area contributed by atoms with E-state index in [0.717, 1.165) is 57.8 Å². The molecule has 4 unspecified atom stereocenters. The summed E-state index contributed by atoms with van der Waals surface area (Å²) in [5.41, 5.74) is 0. The maximum atomic E-state index is 12.6. The first-order valence-electron chi connectivity index (χ1n) is 28.2. The molecule has 0 heterocycles. The van der Waals surface area contributed by atoms with Crippen LogP contribution in [0.2, 0.25) is 0 Å². The summed E-state index contributed by atoms with van der Waals surface area (Å²) < 4.78 is 0. The summed E-state index contributed by atoms with van der Waals surface area (Å²) in [7, 11) is 0. The van der Waals surface area contributed by atoms with Crippen LogP contribution in [0.15, 0.2) is 24.3 Å². The van der Waals surface area contributed by atoms with Gasteiger partial charge in [0.15, 0.2) is 0 Å². The molecular weight excluding hydrogens is 779 g/mol. The van der Waals surface area contributed by atoms with Gasteiger partial charge in [0.05, 0.1) is 18.8 Å². The average molecular weight is 891 g/mol. The lowest BCUT2D eigenvalue weighted by Gasteiger charge is -2.27. The smallest absolute Gasteiger partial charge is 0.249 e. The van der Waals surface area contributed by atoms with Gasteiger partial charge < -0.3 is 25.7 Å². The summed E-state index contributed by atoms with van der Waals surface area (Å²) in [5.74, 6) is -0.589. The minimum Gasteiger partial charge on any atom is -0.394 e. The molecule has 0 aliphatic rings. The van der Waals surface area contributed by atoms with Crippen LogP contribution in [0, 0.1) is 0 Å². The third-order valence-corrected chi connectivity index (χ3v) is 13.4. The van der Waals surface area contributed by atoms with Crippen LogP contribution in [0.3, 0.4) is 0 Å². The number of allylic oxidation sites excluding steroid dienone is 4. The first-order chi connectivity index (χ1) is 31.0. The average Bonchev–Trinajstić information content (AvgIpc) is 3.29. The highest BCUT2D eigenvalue weighted by Gasteiger charge is 2.28. The molecule has 0 aromatic carbocycles. The van der Waals surface area contributed by atoms with Crippen LogP contribution in [-0.2, 0) is 4.79 Å². The fraction of sp³-hybridized carbons (Fsp3) is 0.912. The predicted molar refractivity (Wildman–Crippen MR) is 274 cm³/mol. The Bertz CT molecular complexity index is 955. The lowest BCUT2D eigenvalue weighted by molar-refractivity contribution is -0.132. The molecule has 63 heavy (non-hydrogen) atoms. The van der Waals surface area contributed by atoms with Crippen molar-refractivity contribution in [1.82, 2.24) is 5.32 Å². The maximum Gasteiger partial charge on any atom is 0.249 e. The fourth-order valence-corrected chi connectivity index (χ4v) is 8.97. The minimum absolute atomic E-state index is 0.358. The molecule has 1 amide bonds. The molecule has 6 nitrogen and oxygen atoms in total. The zero-order valence-corrected chi connectivity index (χ0v) is 42.3. The van der Waals surface area contributed by atoms with Crippen LogP contribution < -0.4 is 5.32 Å². The Morgan fingerprint density at radius 1 is 0.397 bits per heavy atom. The highest BCUT2D eigenvalue weighted by Crippen LogP contribution is 2.18. The van der Waals surface area contributed by atoms with Gasteiger partial charge in [0, 0.05) is 0 Å². The summed E-state index contributed by atoms with van der Waals surface area (Å²) in [6, 6.07) is -0.989. The number of carbonyl (C=O) groups is 1. The van der Waals surface area contributed by atoms with E-state index >= 15 is 0 Å². The molecule has 4 atom stereocenters. The summed E-state index contributed by atoms with van der Waals surface area (Å²) in [5, 5.41) is 43.9. The van der Waals surface area contributed by atoms with Gasteiger partial charge in [0.2, 0.25) is 5.91 Å². The van der Waals surface area contributed by atoms with E-state index in [-0.39, 0.29) is 0 Å². The van der Waals surface area contributed by atoms with Crippen molar-refractivity contribution in [2.75, 3.05) is 6.61 Å². The van der Waals surface area contributed by atoms with E-state index in [0.29, 0.717) is 12.8 Å². The molecule has 0 aromatic rings. The van der Waals surface area contributed by atoms with Gasteiger partial charge in [-0.05, 0) is 44.9 Å². The second-order valence-electron chi connectivity index (χ2n) is 19.6. The van der Waals surface area contributed by atoms with Gasteiger partial charge in [-0.2, -0.15) is 0 Å². The number of carbonyl (C=O) groups excluding carboxylic acids is 1. The molecule has 374 valence electrons. The number of unbranched alkanes of at least 4 members (excludes halogenated alkanes) is 39. The largest absolute Gasteiger partial charge is 0.394 e. The van der Waals surface area contributed by atoms with E-state index in [2.05, 4.69) is 43.5 Å². The maximum absolute atomic E-state index is 12.6. The first-order valence-corrected chi connectivity index (χ1v) is 28.2. The molecule has 0 aromatic heterocycles. The number of aliphatic hydroxyl groups is 4. The number of hydrogen-bond donors (Lipinski definition) is 5. The molecule has 0 rings (SSSR count). The van der Waals surface area contributed by atoms with Crippen molar-refractivity contribution in [2.24, 2.45) is 0 Å². The number of amides is 1. The third-order valence-electron chi connectivity index (χ3n) is 13.4. The van der Waals surface area contributed by atoms with E-state index in [1.165, 1.54) is 218 Å². The SMILES string of the molecule is CCCCC/C=C\C/C=C\CCCCCCCCC(O)C(=O)NC(CO)C(O)C(O)CCCCCCCCCCCCCCCCCCCCCCCCCCCCCCCCC. The second kappa shape index (κ2) is 51.8. The lowest BCUT2D eigenvalue weighted by atomic mass is 9.99. The zero-order chi connectivity index (χ0) is 45.9. The van der Waals surface area contributed by atoms with Crippen molar-refractivity contribution in [3.05, 3.63) is 24.3 Å². The number of rotatable bonds is 52. The van der Waals surface area contributed by atoms with Gasteiger partial charge in [-0.15, -0.1) is 0 Å². The Labute approximate surface area is 393 Å². The van der Waals surface area contributed by atoms with E-state index < -0.39 is 36.9 Å². The number of aliphatic hydroxyl groups excluding tert-OH is 4. The van der Waals surface area contributed by atoms with E-state index in [1.54, 1.807) is 0 Å². The van der Waals surface area contributed by atoms with Crippen molar-refractivity contribution in [3.63, 3.8) is 0 Å². The standard InChI is InChI=1S/C57H111NO5/c1-3-5-7-9-11-13-15-17-19-21-22-23-24-25-26-27-28-29-30-31-32-33-34-35-37-38-40-42-44-46-48-50-54(60)56(62)53(52-59)58-57(63)55(61)51-49-47-45-43-41-39-36-20-18-16-14-12-10-8-6-4-2/h12,14,18,20,53-56,59-62H,3-11,13,15-17,19,21-52H2,1-2H3,(H,58,63)/b14-12-,20-18-. The summed E-state index contributed by atoms with van der Waals surface area (Å²) in [4.78, 5) is 12.6. The van der Waals surface area contributed by atoms with Gasteiger partial charge in [0.25, 0.3) is 0 Å². The second-order valence-corrected chi connectivity index (χ2v) is 19.6. The molecular formula is C57H111NO5. The van der Waals surface area contributed by atoms with E-state index in [4.69, 9.17) is 0 Å². The summed E-state index contributed by atoms with van der Waals surface area (Å²) in [6.07, 6.45) is 62.5. The first kappa shape index (κ1) is 61.8. The number of nitrogens with one attached hydrogen (secondary N) is 1. The molecule has 0 saturated heterocycles. The Morgan fingerprint density at radius 2 is 0.683 bits per heavy atom. The molecule has 0 radical (unpaired) electrons. The van der Waals surface area contributed by atoms with Crippen LogP contribution in [0.25, 0.3) is 0 Å². The van der Waals surface area contributed by atoms with E-state index in [1.807, 2.05) is 0 Å². The van der Waals surface area contributed by atoms with E-state index in [9.17, 15) is 25.2 Å². The Balaban J connectivity index is 3.56. The normalized spacial score (nSPS) is 13.9. The van der Waals surface area contributed by atoms with Crippen molar-refractivity contribution in [3.8, 4) is 0 Å². The zero-order valence-electron chi connectivity index (χ0n) is 42.3. The minimum atomic E-state index is -1.26. The predicted octanol–water partition coefficient (Wildman–Crippen LogP) is 16.3. The van der Waals surface area contributed by atoms with Crippen LogP contribution in [0.5, 0.6) is 0 Å². The monoisotopic (exact) mass is 890 g/mol. The van der Waals surface area contributed by atoms with Gasteiger partial charge in [-0.1, -0.05) is 282 Å². The van der Waals surface area contributed by atoms with Crippen LogP contribution >= 0.6 is 0 Å². The number of hydrogen-bond acceptors (Lipinski definition) is 5. The van der Waals surface area contributed by atoms with Gasteiger partial charge >= 0.3 is 0 Å². The molecule has 0 saturated carbocycles. The fourth-order valence-electron chi connectivity index (χ4n) is 8.97. The van der Waals surface area contributed by atoms with Crippen molar-refractivity contribution in [1.29, 1.82) is 0 Å². The van der Waals surface area contributed by atoms with Crippen LogP contribution in [0.1, 0.15) is 303 Å². The Morgan fingerprint density at radius 3 is 1.03 bits per heavy atom. The van der Waals surface area contributed by atoms with Crippen LogP contribution in [0.4, 0.5) is 0 Å². The molecule has 5 N–H and O–H groups in total. The third kappa shape index (κ3) is 45.7. The quantitative estimate of drug-likeness (QED) is 0.0309. The van der Waals surface area contributed by atoms with Gasteiger partial charge in [-0.25, -0.2) is 0 Å². The lowest BCUT2D eigenvalue weighted by Crippen LogP contribution is -2.53. The molecule has 0 spiro atoms. The van der Waals surface area contributed by atoms with Crippen LogP contribution in [-0.4, -0.2) is 57.3 Å². The summed E-state index contributed by atoms with van der Waals surface area (Å²) in [6.45, 7) is 4.05. The van der Waals surface area contributed by atoms with Crippen molar-refractivity contribution in [2.45, 2.75) is 327 Å². The van der Waals surface area contributed by atoms with Crippen molar-refractivity contribution < 1.29 is 25.2 Å². The van der Waals surface area contributed by atoms with Gasteiger partial charge in [0.1, 0.15) is 12.2 Å². The molecule has 0 aliphatic heterocycles. The van der Waals surface area contributed by atoms with Crippen molar-refractivity contribution >= 4 is 5.91 Å². The summed E-state index contributed by atoms with van der Waals surface area (Å²) >= 11 is 0. The van der Waals surface area contributed by atoms with Gasteiger partial charge in [-0.3, -0.25) is 4.79 Å². The molecule has 0 aliphatic carbocycles. The molecule has 0 fully saturated rings. The molecule has 0 bridgehead atoms. The highest BCUT2D eigenvalue weighted by molar-refractivity contribution is 5.80.